The first kappa shape index (κ1) is 20.0. The molecule has 2 aromatic carbocycles. The summed E-state index contributed by atoms with van der Waals surface area (Å²) < 4.78 is 6.60. The third-order valence-electron chi connectivity index (χ3n) is 5.67. The minimum Gasteiger partial charge on any atom is -0.378 e. The smallest absolute Gasteiger partial charge is 0.235 e. The van der Waals surface area contributed by atoms with Crippen molar-refractivity contribution in [2.24, 2.45) is 0 Å². The summed E-state index contributed by atoms with van der Waals surface area (Å²) in [5, 5.41) is 2.06. The summed E-state index contributed by atoms with van der Waals surface area (Å²) in [6.07, 6.45) is 1.93. The van der Waals surface area contributed by atoms with Crippen LogP contribution in [-0.4, -0.2) is 36.3 Å². The van der Waals surface area contributed by atoms with Crippen LogP contribution in [0.3, 0.4) is 0 Å². The van der Waals surface area contributed by atoms with Gasteiger partial charge in [0.25, 0.3) is 0 Å². The Morgan fingerprint density at radius 2 is 1.77 bits per heavy atom. The molecule has 158 valence electrons. The molecule has 1 aliphatic rings. The van der Waals surface area contributed by atoms with Crippen LogP contribution in [0.4, 0.5) is 23.0 Å². The molecule has 0 spiro atoms. The van der Waals surface area contributed by atoms with Crippen LogP contribution in [0, 0.1) is 0 Å². The van der Waals surface area contributed by atoms with Crippen LogP contribution in [-0.2, 0) is 4.74 Å². The number of morpholine rings is 1. The topological polar surface area (TPSA) is 41.5 Å². The molecule has 2 aromatic heterocycles. The maximum Gasteiger partial charge on any atom is 0.235 e. The van der Waals surface area contributed by atoms with Crippen LogP contribution in [0.15, 0.2) is 66.2 Å². The average Bonchev–Trinajstić information content (AvgIpc) is 3.29. The molecular formula is C25H26N4OS. The summed E-state index contributed by atoms with van der Waals surface area (Å²) in [4.78, 5) is 14.2. The Bertz CT molecular complexity index is 1170. The van der Waals surface area contributed by atoms with Crippen molar-refractivity contribution < 1.29 is 4.74 Å². The highest BCUT2D eigenvalue weighted by Crippen LogP contribution is 2.38. The van der Waals surface area contributed by atoms with E-state index in [0.29, 0.717) is 11.9 Å². The second-order valence-electron chi connectivity index (χ2n) is 8.00. The molecule has 0 saturated carbocycles. The number of benzene rings is 2. The lowest BCUT2D eigenvalue weighted by molar-refractivity contribution is 0.122. The summed E-state index contributed by atoms with van der Waals surface area (Å²) >= 11 is 1.67. The van der Waals surface area contributed by atoms with Crippen LogP contribution in [0.25, 0.3) is 10.2 Å². The van der Waals surface area contributed by atoms with Crippen molar-refractivity contribution >= 4 is 44.6 Å². The van der Waals surface area contributed by atoms with Crippen molar-refractivity contribution in [2.75, 3.05) is 36.1 Å². The minimum atomic E-state index is 0.385. The molecule has 0 aliphatic carbocycles. The molecule has 5 nitrogen and oxygen atoms in total. The van der Waals surface area contributed by atoms with Crippen molar-refractivity contribution in [3.05, 3.63) is 71.7 Å². The molecule has 0 unspecified atom stereocenters. The molecule has 6 heteroatoms. The van der Waals surface area contributed by atoms with Gasteiger partial charge in [-0.05, 0) is 53.3 Å². The van der Waals surface area contributed by atoms with Crippen molar-refractivity contribution in [1.82, 2.24) is 9.97 Å². The van der Waals surface area contributed by atoms with E-state index in [2.05, 4.69) is 83.6 Å². The van der Waals surface area contributed by atoms with Gasteiger partial charge < -0.3 is 9.64 Å². The molecule has 0 bridgehead atoms. The SMILES string of the molecule is CC(C)c1ccccc1N(c1ccc(N2CCOCC2)cc1)c1ncc2sccc2n1. The molecule has 0 atom stereocenters. The highest BCUT2D eigenvalue weighted by molar-refractivity contribution is 7.17. The third kappa shape index (κ3) is 4.01. The van der Waals surface area contributed by atoms with Gasteiger partial charge in [-0.25, -0.2) is 9.97 Å². The van der Waals surface area contributed by atoms with Crippen LogP contribution < -0.4 is 9.80 Å². The van der Waals surface area contributed by atoms with Crippen molar-refractivity contribution in [2.45, 2.75) is 19.8 Å². The zero-order valence-corrected chi connectivity index (χ0v) is 18.7. The number of thiophene rings is 1. The summed E-state index contributed by atoms with van der Waals surface area (Å²) in [6, 6.07) is 19.3. The minimum absolute atomic E-state index is 0.385. The Hall–Kier alpha value is -2.96. The Kier molecular flexibility index (Phi) is 5.57. The third-order valence-corrected chi connectivity index (χ3v) is 6.52. The Balaban J connectivity index is 1.60. The van der Waals surface area contributed by atoms with Gasteiger partial charge in [-0.2, -0.15) is 0 Å². The number of fused-ring (bicyclic) bond motifs is 1. The molecule has 3 heterocycles. The van der Waals surface area contributed by atoms with E-state index in [0.717, 1.165) is 47.9 Å². The van der Waals surface area contributed by atoms with E-state index in [1.165, 1.54) is 11.3 Å². The number of ether oxygens (including phenoxy) is 1. The van der Waals surface area contributed by atoms with Gasteiger partial charge in [-0.15, -0.1) is 11.3 Å². The molecule has 4 aromatic rings. The molecule has 0 amide bonds. The highest BCUT2D eigenvalue weighted by Gasteiger charge is 2.20. The lowest BCUT2D eigenvalue weighted by atomic mass is 10.00. The van der Waals surface area contributed by atoms with Crippen LogP contribution in [0.1, 0.15) is 25.3 Å². The van der Waals surface area contributed by atoms with E-state index in [4.69, 9.17) is 14.7 Å². The average molecular weight is 431 g/mol. The van der Waals surface area contributed by atoms with Gasteiger partial charge in [0.2, 0.25) is 5.95 Å². The van der Waals surface area contributed by atoms with E-state index in [1.807, 2.05) is 6.20 Å². The van der Waals surface area contributed by atoms with Crippen LogP contribution in [0.2, 0.25) is 0 Å². The van der Waals surface area contributed by atoms with Gasteiger partial charge >= 0.3 is 0 Å². The fourth-order valence-electron chi connectivity index (χ4n) is 4.04. The van der Waals surface area contributed by atoms with E-state index >= 15 is 0 Å². The van der Waals surface area contributed by atoms with Gasteiger partial charge in [0.05, 0.1) is 35.3 Å². The molecule has 1 fully saturated rings. The first-order chi connectivity index (χ1) is 15.2. The molecule has 5 rings (SSSR count). The van der Waals surface area contributed by atoms with E-state index in [1.54, 1.807) is 11.3 Å². The second kappa shape index (κ2) is 8.65. The molecule has 0 N–H and O–H groups in total. The lowest BCUT2D eigenvalue weighted by Gasteiger charge is -2.30. The summed E-state index contributed by atoms with van der Waals surface area (Å²) in [5.74, 6) is 1.08. The number of anilines is 4. The maximum absolute atomic E-state index is 5.50. The van der Waals surface area contributed by atoms with Crippen molar-refractivity contribution in [3.8, 4) is 0 Å². The molecule has 1 saturated heterocycles. The van der Waals surface area contributed by atoms with Crippen molar-refractivity contribution in [3.63, 3.8) is 0 Å². The van der Waals surface area contributed by atoms with Gasteiger partial charge in [0, 0.05) is 24.5 Å². The zero-order chi connectivity index (χ0) is 21.2. The van der Waals surface area contributed by atoms with Crippen molar-refractivity contribution in [1.29, 1.82) is 0 Å². The maximum atomic E-state index is 5.50. The molecular weight excluding hydrogens is 404 g/mol. The Morgan fingerprint density at radius 1 is 1.00 bits per heavy atom. The van der Waals surface area contributed by atoms with E-state index < -0.39 is 0 Å². The normalized spacial score (nSPS) is 14.4. The molecule has 31 heavy (non-hydrogen) atoms. The van der Waals surface area contributed by atoms with E-state index in [9.17, 15) is 0 Å². The van der Waals surface area contributed by atoms with Gasteiger partial charge in [-0.3, -0.25) is 4.90 Å². The quantitative estimate of drug-likeness (QED) is 0.381. The number of aromatic nitrogens is 2. The van der Waals surface area contributed by atoms with Gasteiger partial charge in [0.15, 0.2) is 0 Å². The lowest BCUT2D eigenvalue weighted by Crippen LogP contribution is -2.36. The second-order valence-corrected chi connectivity index (χ2v) is 8.95. The zero-order valence-electron chi connectivity index (χ0n) is 17.9. The fourth-order valence-corrected chi connectivity index (χ4v) is 4.73. The molecule has 0 radical (unpaired) electrons. The van der Waals surface area contributed by atoms with Crippen LogP contribution in [0.5, 0.6) is 0 Å². The van der Waals surface area contributed by atoms with E-state index in [-0.39, 0.29) is 0 Å². The van der Waals surface area contributed by atoms with Gasteiger partial charge in [-0.1, -0.05) is 32.0 Å². The number of rotatable bonds is 5. The monoisotopic (exact) mass is 430 g/mol. The number of para-hydroxylation sites is 1. The summed E-state index contributed by atoms with van der Waals surface area (Å²) in [5.41, 5.74) is 5.64. The Morgan fingerprint density at radius 3 is 2.55 bits per heavy atom. The largest absolute Gasteiger partial charge is 0.378 e. The predicted molar refractivity (Wildman–Crippen MR) is 129 cm³/mol. The number of nitrogens with zero attached hydrogens (tertiary/aromatic N) is 4. The van der Waals surface area contributed by atoms with Crippen LogP contribution >= 0.6 is 11.3 Å². The Labute approximate surface area is 186 Å². The highest BCUT2D eigenvalue weighted by atomic mass is 32.1. The fraction of sp³-hybridized carbons (Fsp3) is 0.280. The molecule has 1 aliphatic heterocycles. The first-order valence-electron chi connectivity index (χ1n) is 10.7. The predicted octanol–water partition coefficient (Wildman–Crippen LogP) is 6.12. The number of hydrogen-bond donors (Lipinski definition) is 0. The first-order valence-corrected chi connectivity index (χ1v) is 11.6. The summed E-state index contributed by atoms with van der Waals surface area (Å²) in [7, 11) is 0. The summed E-state index contributed by atoms with van der Waals surface area (Å²) in [6.45, 7) is 7.87. The van der Waals surface area contributed by atoms with Gasteiger partial charge in [0.1, 0.15) is 0 Å². The number of hydrogen-bond acceptors (Lipinski definition) is 6. The standard InChI is InChI=1S/C25H26N4OS/c1-18(2)21-5-3-4-6-23(21)29(25-26-17-24-22(27-25)11-16-31-24)20-9-7-19(8-10-20)28-12-14-30-15-13-28/h3-11,16-18H,12-15H2,1-2H3.